The Hall–Kier alpha value is 0.0949. The Labute approximate surface area is 109 Å². The second-order valence-corrected chi connectivity index (χ2v) is 6.06. The van der Waals surface area contributed by atoms with Crippen LogP contribution in [-0.2, 0) is 18.6 Å². The van der Waals surface area contributed by atoms with E-state index in [1.54, 1.807) is 6.92 Å². The SMILES string of the molecule is [B][C@H]1CC(NP(=O)(O)OCC)[C@@H](COC(C)C)O1. The minimum absolute atomic E-state index is 0.0684. The molecule has 6 nitrogen and oxygen atoms in total. The maximum atomic E-state index is 11.6. The summed E-state index contributed by atoms with van der Waals surface area (Å²) in [5.41, 5.74) is 0. The van der Waals surface area contributed by atoms with Crippen LogP contribution in [0.15, 0.2) is 0 Å². The van der Waals surface area contributed by atoms with E-state index in [9.17, 15) is 9.46 Å². The Morgan fingerprint density at radius 2 is 2.28 bits per heavy atom. The first-order chi connectivity index (χ1) is 8.34. The molecule has 0 aliphatic carbocycles. The van der Waals surface area contributed by atoms with E-state index in [0.29, 0.717) is 13.0 Å². The number of hydrogen-bond donors (Lipinski definition) is 2. The smallest absolute Gasteiger partial charge is 0.381 e. The zero-order chi connectivity index (χ0) is 13.8. The van der Waals surface area contributed by atoms with Crippen LogP contribution in [0.2, 0.25) is 0 Å². The van der Waals surface area contributed by atoms with E-state index in [1.165, 1.54) is 0 Å². The first-order valence-corrected chi connectivity index (χ1v) is 7.69. The molecular formula is C10H21BNO5P. The van der Waals surface area contributed by atoms with Crippen molar-refractivity contribution in [2.45, 2.75) is 51.4 Å². The van der Waals surface area contributed by atoms with Gasteiger partial charge in [-0.2, -0.15) is 0 Å². The van der Waals surface area contributed by atoms with Gasteiger partial charge in [0.2, 0.25) is 0 Å². The molecule has 1 aliphatic rings. The number of hydrogen-bond acceptors (Lipinski definition) is 4. The molecule has 4 atom stereocenters. The van der Waals surface area contributed by atoms with Gasteiger partial charge in [-0.1, -0.05) is 0 Å². The lowest BCUT2D eigenvalue weighted by atomic mass is 9.95. The van der Waals surface area contributed by atoms with Crippen LogP contribution in [0, 0.1) is 0 Å². The van der Waals surface area contributed by atoms with Crippen molar-refractivity contribution in [1.29, 1.82) is 0 Å². The molecule has 0 aromatic rings. The van der Waals surface area contributed by atoms with E-state index >= 15 is 0 Å². The lowest BCUT2D eigenvalue weighted by Gasteiger charge is -2.23. The molecule has 0 aromatic heterocycles. The summed E-state index contributed by atoms with van der Waals surface area (Å²) in [7, 11) is 1.89. The van der Waals surface area contributed by atoms with Crippen molar-refractivity contribution in [1.82, 2.24) is 5.09 Å². The molecule has 0 spiro atoms. The molecule has 0 bridgehead atoms. The van der Waals surface area contributed by atoms with E-state index in [2.05, 4.69) is 5.09 Å². The highest BCUT2D eigenvalue weighted by molar-refractivity contribution is 7.50. The van der Waals surface area contributed by atoms with Crippen molar-refractivity contribution in [2.75, 3.05) is 13.2 Å². The summed E-state index contributed by atoms with van der Waals surface area (Å²) in [6, 6.07) is -0.800. The van der Waals surface area contributed by atoms with E-state index in [-0.39, 0.29) is 24.9 Å². The summed E-state index contributed by atoms with van der Waals surface area (Å²) < 4.78 is 27.3. The molecule has 1 rings (SSSR count). The molecule has 2 unspecified atom stereocenters. The van der Waals surface area contributed by atoms with Crippen LogP contribution < -0.4 is 5.09 Å². The molecule has 1 heterocycles. The molecule has 1 aliphatic heterocycles. The molecule has 0 amide bonds. The summed E-state index contributed by atoms with van der Waals surface area (Å²) in [6.07, 6.45) is 0.172. The fourth-order valence-electron chi connectivity index (χ4n) is 1.78. The van der Waals surface area contributed by atoms with Gasteiger partial charge in [0.05, 0.1) is 25.4 Å². The van der Waals surface area contributed by atoms with Gasteiger partial charge in [0.25, 0.3) is 0 Å². The minimum atomic E-state index is -3.79. The standard InChI is InChI=1S/C10H21BNO5P/c1-4-16-18(13,14)12-8-5-10(11)17-9(8)6-15-7(2)3/h7-10H,4-6H2,1-3H3,(H2,12,13,14)/t8?,9-,10-/m1/s1. The van der Waals surface area contributed by atoms with E-state index in [1.807, 2.05) is 13.8 Å². The quantitative estimate of drug-likeness (QED) is 0.529. The first-order valence-electron chi connectivity index (χ1n) is 6.12. The van der Waals surface area contributed by atoms with Gasteiger partial charge in [0.15, 0.2) is 0 Å². The van der Waals surface area contributed by atoms with Crippen molar-refractivity contribution < 1.29 is 23.5 Å². The lowest BCUT2D eigenvalue weighted by molar-refractivity contribution is -0.0212. The summed E-state index contributed by atoms with van der Waals surface area (Å²) >= 11 is 0. The second kappa shape index (κ2) is 7.03. The molecule has 1 saturated heterocycles. The molecule has 1 fully saturated rings. The number of nitrogens with one attached hydrogen (secondary N) is 1. The van der Waals surface area contributed by atoms with Crippen molar-refractivity contribution in [3.05, 3.63) is 0 Å². The summed E-state index contributed by atoms with van der Waals surface area (Å²) in [4.78, 5) is 9.54. The average molecular weight is 277 g/mol. The first kappa shape index (κ1) is 16.2. The van der Waals surface area contributed by atoms with Gasteiger partial charge < -0.3 is 14.4 Å². The van der Waals surface area contributed by atoms with Gasteiger partial charge >= 0.3 is 7.75 Å². The van der Waals surface area contributed by atoms with Gasteiger partial charge in [0, 0.05) is 12.0 Å². The molecule has 0 aromatic carbocycles. The van der Waals surface area contributed by atoms with Gasteiger partial charge in [-0.25, -0.2) is 9.65 Å². The van der Waals surface area contributed by atoms with Crippen LogP contribution in [-0.4, -0.2) is 50.2 Å². The minimum Gasteiger partial charge on any atom is -0.381 e. The maximum absolute atomic E-state index is 11.6. The Morgan fingerprint density at radius 3 is 2.83 bits per heavy atom. The van der Waals surface area contributed by atoms with Crippen LogP contribution in [0.1, 0.15) is 27.2 Å². The molecule has 0 saturated carbocycles. The highest BCUT2D eigenvalue weighted by Crippen LogP contribution is 2.39. The molecule has 8 heteroatoms. The highest BCUT2D eigenvalue weighted by atomic mass is 31.2. The zero-order valence-electron chi connectivity index (χ0n) is 11.0. The summed E-state index contributed by atoms with van der Waals surface area (Å²) in [6.45, 7) is 5.96. The molecule has 104 valence electrons. The highest BCUT2D eigenvalue weighted by Gasteiger charge is 2.37. The monoisotopic (exact) mass is 277 g/mol. The third-order valence-corrected chi connectivity index (χ3v) is 3.78. The van der Waals surface area contributed by atoms with E-state index < -0.39 is 13.7 Å². The summed E-state index contributed by atoms with van der Waals surface area (Å²) in [5.74, 6) is 0. The summed E-state index contributed by atoms with van der Waals surface area (Å²) in [5, 5.41) is 2.56. The Morgan fingerprint density at radius 1 is 1.61 bits per heavy atom. The average Bonchev–Trinajstić information content (AvgIpc) is 2.54. The van der Waals surface area contributed by atoms with Crippen LogP contribution in [0.4, 0.5) is 0 Å². The Bertz CT molecular complexity index is 304. The zero-order valence-corrected chi connectivity index (χ0v) is 11.9. The van der Waals surface area contributed by atoms with Crippen molar-refractivity contribution >= 4 is 15.6 Å². The largest absolute Gasteiger partial charge is 0.403 e. The van der Waals surface area contributed by atoms with Gasteiger partial charge in [-0.3, -0.25) is 4.52 Å². The van der Waals surface area contributed by atoms with Gasteiger partial charge in [0.1, 0.15) is 7.85 Å². The van der Waals surface area contributed by atoms with Crippen LogP contribution in [0.5, 0.6) is 0 Å². The van der Waals surface area contributed by atoms with Crippen LogP contribution >= 0.6 is 7.75 Å². The predicted molar refractivity (Wildman–Crippen MR) is 68.5 cm³/mol. The van der Waals surface area contributed by atoms with Crippen molar-refractivity contribution in [2.24, 2.45) is 0 Å². The fourth-order valence-corrected chi connectivity index (χ4v) is 2.89. The predicted octanol–water partition coefficient (Wildman–Crippen LogP) is 0.790. The van der Waals surface area contributed by atoms with Crippen LogP contribution in [0.25, 0.3) is 0 Å². The molecule has 18 heavy (non-hydrogen) atoms. The molecule has 2 N–H and O–H groups in total. The Kier molecular flexibility index (Phi) is 6.31. The fraction of sp³-hybridized carbons (Fsp3) is 1.00. The Balaban J connectivity index is 2.53. The normalized spacial score (nSPS) is 31.7. The third-order valence-electron chi connectivity index (χ3n) is 2.51. The second-order valence-electron chi connectivity index (χ2n) is 4.50. The van der Waals surface area contributed by atoms with Crippen LogP contribution in [0.3, 0.4) is 0 Å². The van der Waals surface area contributed by atoms with E-state index in [4.69, 9.17) is 21.8 Å². The number of rotatable bonds is 7. The van der Waals surface area contributed by atoms with Gasteiger partial charge in [-0.05, 0) is 27.2 Å². The van der Waals surface area contributed by atoms with Gasteiger partial charge in [-0.15, -0.1) is 0 Å². The van der Waals surface area contributed by atoms with E-state index in [0.717, 1.165) is 0 Å². The topological polar surface area (TPSA) is 77.0 Å². The molecular weight excluding hydrogens is 256 g/mol. The lowest BCUT2D eigenvalue weighted by Crippen LogP contribution is -2.38. The van der Waals surface area contributed by atoms with Crippen molar-refractivity contribution in [3.63, 3.8) is 0 Å². The third kappa shape index (κ3) is 5.39. The van der Waals surface area contributed by atoms with Crippen molar-refractivity contribution in [3.8, 4) is 0 Å². The number of ether oxygens (including phenoxy) is 2. The maximum Gasteiger partial charge on any atom is 0.403 e. The molecule has 2 radical (unpaired) electrons.